The van der Waals surface area contributed by atoms with E-state index in [0.29, 0.717) is 17.8 Å². The highest BCUT2D eigenvalue weighted by Gasteiger charge is 2.85. The summed E-state index contributed by atoms with van der Waals surface area (Å²) in [6, 6.07) is 0. The van der Waals surface area contributed by atoms with Crippen molar-refractivity contribution in [2.75, 3.05) is 7.11 Å². The standard InChI is InChI=1S/C30H50O3/c1-18(2)19(3)9-10-20(4)22-11-16-29(32-8)28(22,7)15-13-25-27(6)14-12-24(31)21(5)23(27)17-26-30(25,29)33-26/h18-20,22-26,31H,5,9-17H2,1-4,6-8H3/t19-,20-,22-,23?,24+,25-,26+,27+,28-,29+,30-/m1/s1. The number of rotatable bonds is 6. The fourth-order valence-corrected chi connectivity index (χ4v) is 10.1. The monoisotopic (exact) mass is 458 g/mol. The Morgan fingerprint density at radius 3 is 2.45 bits per heavy atom. The van der Waals surface area contributed by atoms with Crippen LogP contribution in [0, 0.1) is 46.3 Å². The first-order valence-electron chi connectivity index (χ1n) is 14.1. The summed E-state index contributed by atoms with van der Waals surface area (Å²) < 4.78 is 13.6. The summed E-state index contributed by atoms with van der Waals surface area (Å²) in [5.74, 6) is 3.91. The van der Waals surface area contributed by atoms with Gasteiger partial charge in [-0.3, -0.25) is 0 Å². The maximum atomic E-state index is 10.6. The molecule has 11 atom stereocenters. The molecule has 188 valence electrons. The molecule has 0 aromatic carbocycles. The van der Waals surface area contributed by atoms with Crippen LogP contribution < -0.4 is 0 Å². The molecule has 0 radical (unpaired) electrons. The van der Waals surface area contributed by atoms with Gasteiger partial charge in [0.1, 0.15) is 11.2 Å². The zero-order chi connectivity index (χ0) is 24.0. The molecular weight excluding hydrogens is 408 g/mol. The molecule has 5 aliphatic rings. The molecule has 0 bridgehead atoms. The lowest BCUT2D eigenvalue weighted by molar-refractivity contribution is -0.218. The second-order valence-corrected chi connectivity index (χ2v) is 13.8. The molecule has 1 unspecified atom stereocenters. The van der Waals surface area contributed by atoms with Crippen molar-refractivity contribution in [2.24, 2.45) is 46.3 Å². The van der Waals surface area contributed by atoms with Gasteiger partial charge in [0.15, 0.2) is 0 Å². The van der Waals surface area contributed by atoms with Crippen LogP contribution in [0.25, 0.3) is 0 Å². The molecule has 4 aliphatic carbocycles. The van der Waals surface area contributed by atoms with Crippen LogP contribution in [-0.2, 0) is 9.47 Å². The Bertz CT molecular complexity index is 791. The van der Waals surface area contributed by atoms with E-state index >= 15 is 0 Å². The summed E-state index contributed by atoms with van der Waals surface area (Å²) in [5.41, 5.74) is 1.14. The maximum absolute atomic E-state index is 10.6. The second-order valence-electron chi connectivity index (χ2n) is 13.8. The van der Waals surface area contributed by atoms with Crippen LogP contribution in [0.2, 0.25) is 0 Å². The minimum Gasteiger partial charge on any atom is -0.389 e. The minimum absolute atomic E-state index is 0.123. The van der Waals surface area contributed by atoms with Crippen molar-refractivity contribution in [1.29, 1.82) is 0 Å². The van der Waals surface area contributed by atoms with E-state index < -0.39 is 0 Å². The molecule has 3 heteroatoms. The van der Waals surface area contributed by atoms with Gasteiger partial charge >= 0.3 is 0 Å². The average molecular weight is 459 g/mol. The number of epoxide rings is 1. The summed E-state index contributed by atoms with van der Waals surface area (Å²) in [4.78, 5) is 0. The molecule has 3 nitrogen and oxygen atoms in total. The molecule has 1 saturated heterocycles. The van der Waals surface area contributed by atoms with Crippen molar-refractivity contribution in [3.8, 4) is 0 Å². The first-order chi connectivity index (χ1) is 15.5. The number of methoxy groups -OCH3 is 1. The first kappa shape index (κ1) is 24.3. The van der Waals surface area contributed by atoms with Gasteiger partial charge < -0.3 is 14.6 Å². The number of hydrogen-bond acceptors (Lipinski definition) is 3. The predicted octanol–water partition coefficient (Wildman–Crippen LogP) is 6.78. The van der Waals surface area contributed by atoms with E-state index in [9.17, 15) is 5.11 Å². The lowest BCUT2D eigenvalue weighted by atomic mass is 9.42. The van der Waals surface area contributed by atoms with Crippen LogP contribution in [0.4, 0.5) is 0 Å². The summed E-state index contributed by atoms with van der Waals surface area (Å²) in [7, 11) is 1.99. The molecule has 1 heterocycles. The lowest BCUT2D eigenvalue weighted by Gasteiger charge is -2.63. The lowest BCUT2D eigenvalue weighted by Crippen LogP contribution is -2.69. The summed E-state index contributed by atoms with van der Waals surface area (Å²) in [6.45, 7) is 19.1. The molecule has 1 N–H and O–H groups in total. The third-order valence-corrected chi connectivity index (χ3v) is 12.5. The Kier molecular flexibility index (Phi) is 5.75. The third kappa shape index (κ3) is 2.97. The summed E-state index contributed by atoms with van der Waals surface area (Å²) in [5, 5.41) is 10.6. The Labute approximate surface area is 203 Å². The molecular formula is C30H50O3. The minimum atomic E-state index is -0.329. The topological polar surface area (TPSA) is 42.0 Å². The van der Waals surface area contributed by atoms with Gasteiger partial charge in [-0.05, 0) is 91.4 Å². The van der Waals surface area contributed by atoms with Gasteiger partial charge in [-0.1, -0.05) is 61.0 Å². The van der Waals surface area contributed by atoms with Gasteiger partial charge in [-0.25, -0.2) is 0 Å². The molecule has 0 amide bonds. The Hall–Kier alpha value is -0.380. The zero-order valence-corrected chi connectivity index (χ0v) is 22.5. The summed E-state index contributed by atoms with van der Waals surface area (Å²) >= 11 is 0. The average Bonchev–Trinajstić information content (AvgIpc) is 3.40. The third-order valence-electron chi connectivity index (χ3n) is 12.5. The zero-order valence-electron chi connectivity index (χ0n) is 22.5. The normalized spacial score (nSPS) is 52.5. The Morgan fingerprint density at radius 1 is 1.06 bits per heavy atom. The molecule has 5 fully saturated rings. The van der Waals surface area contributed by atoms with E-state index in [1.54, 1.807) is 0 Å². The van der Waals surface area contributed by atoms with E-state index in [1.807, 2.05) is 7.11 Å². The van der Waals surface area contributed by atoms with E-state index in [4.69, 9.17) is 9.47 Å². The highest BCUT2D eigenvalue weighted by Crippen LogP contribution is 2.78. The Balaban J connectivity index is 1.44. The predicted molar refractivity (Wildman–Crippen MR) is 134 cm³/mol. The van der Waals surface area contributed by atoms with Crippen LogP contribution in [0.3, 0.4) is 0 Å². The SMILES string of the molecule is C=C1C2C[C@@H]3O[C@]34[C@H](CC[C@]3(C)[C@@H]([C@H](C)CC[C@@H](C)C(C)C)CC[C@@]43OC)[C@@]2(C)CC[C@@H]1O. The van der Waals surface area contributed by atoms with Crippen molar-refractivity contribution in [2.45, 2.75) is 123 Å². The van der Waals surface area contributed by atoms with Crippen molar-refractivity contribution in [3.05, 3.63) is 12.2 Å². The number of fused-ring (bicyclic) bond motifs is 3. The quantitative estimate of drug-likeness (QED) is 0.352. The number of aliphatic hydroxyl groups is 1. The highest BCUT2D eigenvalue weighted by molar-refractivity contribution is 5.36. The largest absolute Gasteiger partial charge is 0.389 e. The van der Waals surface area contributed by atoms with E-state index in [-0.39, 0.29) is 34.2 Å². The fraction of sp³-hybridized carbons (Fsp3) is 0.933. The van der Waals surface area contributed by atoms with Crippen molar-refractivity contribution in [3.63, 3.8) is 0 Å². The van der Waals surface area contributed by atoms with Crippen LogP contribution >= 0.6 is 0 Å². The van der Waals surface area contributed by atoms with Gasteiger partial charge in [0.2, 0.25) is 0 Å². The molecule has 33 heavy (non-hydrogen) atoms. The van der Waals surface area contributed by atoms with Crippen LogP contribution in [-0.4, -0.2) is 35.6 Å². The smallest absolute Gasteiger partial charge is 0.127 e. The van der Waals surface area contributed by atoms with Crippen LogP contribution in [0.15, 0.2) is 12.2 Å². The van der Waals surface area contributed by atoms with Crippen LogP contribution in [0.5, 0.6) is 0 Å². The van der Waals surface area contributed by atoms with Crippen LogP contribution in [0.1, 0.15) is 99.3 Å². The first-order valence-corrected chi connectivity index (χ1v) is 14.1. The highest BCUT2D eigenvalue weighted by atomic mass is 16.6. The second kappa shape index (κ2) is 7.81. The maximum Gasteiger partial charge on any atom is 0.127 e. The molecule has 1 spiro atoms. The van der Waals surface area contributed by atoms with Crippen molar-refractivity contribution in [1.82, 2.24) is 0 Å². The number of hydrogen-bond donors (Lipinski definition) is 1. The van der Waals surface area contributed by atoms with Crippen molar-refractivity contribution < 1.29 is 14.6 Å². The molecule has 1 aliphatic heterocycles. The Morgan fingerprint density at radius 2 is 1.79 bits per heavy atom. The molecule has 0 aromatic rings. The van der Waals surface area contributed by atoms with Gasteiger partial charge in [0.05, 0.1) is 12.2 Å². The van der Waals surface area contributed by atoms with E-state index in [0.717, 1.165) is 49.0 Å². The van der Waals surface area contributed by atoms with E-state index in [1.165, 1.54) is 32.1 Å². The van der Waals surface area contributed by atoms with Gasteiger partial charge in [0, 0.05) is 12.5 Å². The molecule has 0 aromatic heterocycles. The fourth-order valence-electron chi connectivity index (χ4n) is 10.1. The van der Waals surface area contributed by atoms with E-state index in [2.05, 4.69) is 48.1 Å². The molecule has 5 rings (SSSR count). The number of aliphatic hydroxyl groups excluding tert-OH is 1. The molecule has 4 saturated carbocycles. The number of ether oxygens (including phenoxy) is 2. The summed E-state index contributed by atoms with van der Waals surface area (Å²) in [6.07, 6.45) is 10.5. The van der Waals surface area contributed by atoms with Gasteiger partial charge in [-0.15, -0.1) is 0 Å². The van der Waals surface area contributed by atoms with Gasteiger partial charge in [0.25, 0.3) is 0 Å². The van der Waals surface area contributed by atoms with Crippen molar-refractivity contribution >= 4 is 0 Å². The van der Waals surface area contributed by atoms with Gasteiger partial charge in [-0.2, -0.15) is 0 Å².